The Morgan fingerprint density at radius 1 is 1.24 bits per heavy atom. The number of para-hydroxylation sites is 1. The van der Waals surface area contributed by atoms with Gasteiger partial charge in [0.1, 0.15) is 0 Å². The number of carbonyl (C=O) groups excluding carboxylic acids is 2. The zero-order valence-electron chi connectivity index (χ0n) is 11.3. The first kappa shape index (κ1) is 17.0. The van der Waals surface area contributed by atoms with Gasteiger partial charge < -0.3 is 15.4 Å². The molecule has 1 amide bonds. The van der Waals surface area contributed by atoms with E-state index in [1.807, 2.05) is 5.32 Å². The van der Waals surface area contributed by atoms with E-state index in [0.717, 1.165) is 0 Å². The second-order valence-corrected chi connectivity index (χ2v) is 4.03. The summed E-state index contributed by atoms with van der Waals surface area (Å²) >= 11 is 0. The molecule has 1 aromatic carbocycles. The Morgan fingerprint density at radius 3 is 2.52 bits per heavy atom. The molecule has 0 aliphatic rings. The molecule has 0 saturated carbocycles. The zero-order chi connectivity index (χ0) is 15.9. The van der Waals surface area contributed by atoms with Crippen LogP contribution in [0.15, 0.2) is 24.3 Å². The molecule has 21 heavy (non-hydrogen) atoms. The van der Waals surface area contributed by atoms with Crippen LogP contribution in [0, 0.1) is 0 Å². The van der Waals surface area contributed by atoms with Gasteiger partial charge in [-0.3, -0.25) is 4.79 Å². The Balaban J connectivity index is 2.62. The number of hydrogen-bond acceptors (Lipinski definition) is 4. The van der Waals surface area contributed by atoms with Gasteiger partial charge in [0.25, 0.3) is 0 Å². The molecule has 116 valence electrons. The van der Waals surface area contributed by atoms with Crippen molar-refractivity contribution in [1.29, 1.82) is 0 Å². The van der Waals surface area contributed by atoms with E-state index in [2.05, 4.69) is 5.32 Å². The monoisotopic (exact) mass is 304 g/mol. The second-order valence-electron chi connectivity index (χ2n) is 4.03. The highest BCUT2D eigenvalue weighted by Gasteiger charge is 2.26. The van der Waals surface area contributed by atoms with Crippen LogP contribution in [0.2, 0.25) is 0 Å². The quantitative estimate of drug-likeness (QED) is 0.788. The summed E-state index contributed by atoms with van der Waals surface area (Å²) in [5.74, 6) is -1.30. The number of halogens is 3. The van der Waals surface area contributed by atoms with Gasteiger partial charge in [0.2, 0.25) is 5.91 Å². The number of amides is 1. The Kier molecular flexibility index (Phi) is 6.16. The van der Waals surface area contributed by atoms with Gasteiger partial charge in [-0.25, -0.2) is 4.79 Å². The third kappa shape index (κ3) is 6.26. The molecule has 0 aromatic heterocycles. The highest BCUT2D eigenvalue weighted by Crippen LogP contribution is 2.16. The topological polar surface area (TPSA) is 67.4 Å². The van der Waals surface area contributed by atoms with Crippen molar-refractivity contribution in [1.82, 2.24) is 5.32 Å². The van der Waals surface area contributed by atoms with E-state index in [9.17, 15) is 22.8 Å². The van der Waals surface area contributed by atoms with Crippen LogP contribution in [0.3, 0.4) is 0 Å². The van der Waals surface area contributed by atoms with Gasteiger partial charge in [-0.15, -0.1) is 0 Å². The summed E-state index contributed by atoms with van der Waals surface area (Å²) in [7, 11) is 0. The summed E-state index contributed by atoms with van der Waals surface area (Å²) in [6.07, 6.45) is -4.39. The van der Waals surface area contributed by atoms with Gasteiger partial charge in [0.05, 0.1) is 30.9 Å². The van der Waals surface area contributed by atoms with Crippen LogP contribution in [0.4, 0.5) is 18.9 Å². The maximum absolute atomic E-state index is 11.9. The van der Waals surface area contributed by atoms with E-state index in [-0.39, 0.29) is 17.9 Å². The van der Waals surface area contributed by atoms with Crippen molar-refractivity contribution < 1.29 is 27.5 Å². The van der Waals surface area contributed by atoms with E-state index in [1.165, 1.54) is 12.1 Å². The van der Waals surface area contributed by atoms with Crippen molar-refractivity contribution in [2.24, 2.45) is 0 Å². The lowest BCUT2D eigenvalue weighted by molar-refractivity contribution is -0.126. The smallest absolute Gasteiger partial charge is 0.401 e. The first-order valence-corrected chi connectivity index (χ1v) is 6.17. The molecule has 0 radical (unpaired) electrons. The fourth-order valence-electron chi connectivity index (χ4n) is 1.49. The summed E-state index contributed by atoms with van der Waals surface area (Å²) in [5, 5.41) is 4.33. The van der Waals surface area contributed by atoms with Gasteiger partial charge in [-0.1, -0.05) is 12.1 Å². The molecule has 0 fully saturated rings. The third-order valence-corrected chi connectivity index (χ3v) is 2.31. The van der Waals surface area contributed by atoms with Crippen LogP contribution in [0.25, 0.3) is 0 Å². The minimum absolute atomic E-state index is 0.142. The van der Waals surface area contributed by atoms with Crippen LogP contribution < -0.4 is 10.6 Å². The molecule has 0 heterocycles. The molecule has 0 aliphatic carbocycles. The average Bonchev–Trinajstić information content (AvgIpc) is 2.38. The molecule has 2 N–H and O–H groups in total. The lowest BCUT2D eigenvalue weighted by atomic mass is 10.2. The van der Waals surface area contributed by atoms with Crippen LogP contribution in [-0.4, -0.2) is 37.7 Å². The lowest BCUT2D eigenvalue weighted by Crippen LogP contribution is -2.35. The third-order valence-electron chi connectivity index (χ3n) is 2.31. The van der Waals surface area contributed by atoms with Crippen molar-refractivity contribution >= 4 is 17.6 Å². The Morgan fingerprint density at radius 2 is 1.90 bits per heavy atom. The molecular weight excluding hydrogens is 289 g/mol. The number of carbonyl (C=O) groups is 2. The summed E-state index contributed by atoms with van der Waals surface area (Å²) in [4.78, 5) is 23.2. The maximum atomic E-state index is 11.9. The summed E-state index contributed by atoms with van der Waals surface area (Å²) < 4.78 is 40.6. The van der Waals surface area contributed by atoms with Crippen molar-refractivity contribution in [3.05, 3.63) is 29.8 Å². The second kappa shape index (κ2) is 7.63. The standard InChI is InChI=1S/C13H15F3N2O3/c1-2-21-12(20)9-5-3-4-6-10(9)18-11(19)7-17-8-13(14,15)16/h3-6,17H,2,7-8H2,1H3,(H,18,19). The van der Waals surface area contributed by atoms with Gasteiger partial charge in [-0.05, 0) is 19.1 Å². The minimum atomic E-state index is -4.39. The fourth-order valence-corrected chi connectivity index (χ4v) is 1.49. The Bertz CT molecular complexity index is 504. The number of nitrogens with one attached hydrogen (secondary N) is 2. The molecule has 0 aliphatic heterocycles. The molecule has 0 spiro atoms. The van der Waals surface area contributed by atoms with Crippen molar-refractivity contribution in [3.63, 3.8) is 0 Å². The molecule has 0 saturated heterocycles. The predicted molar refractivity (Wildman–Crippen MR) is 70.0 cm³/mol. The fraction of sp³-hybridized carbons (Fsp3) is 0.385. The largest absolute Gasteiger partial charge is 0.462 e. The number of rotatable bonds is 6. The van der Waals surface area contributed by atoms with E-state index < -0.39 is 31.1 Å². The molecule has 1 aromatic rings. The molecule has 0 bridgehead atoms. The van der Waals surface area contributed by atoms with Crippen molar-refractivity contribution in [2.75, 3.05) is 25.0 Å². The van der Waals surface area contributed by atoms with Crippen LogP contribution >= 0.6 is 0 Å². The highest BCUT2D eigenvalue weighted by atomic mass is 19.4. The zero-order valence-corrected chi connectivity index (χ0v) is 11.3. The normalized spacial score (nSPS) is 11.0. The van der Waals surface area contributed by atoms with Gasteiger partial charge in [0, 0.05) is 0 Å². The molecule has 0 atom stereocenters. The summed E-state index contributed by atoms with van der Waals surface area (Å²) in [6, 6.07) is 6.09. The minimum Gasteiger partial charge on any atom is -0.462 e. The van der Waals surface area contributed by atoms with E-state index in [1.54, 1.807) is 19.1 Å². The molecule has 0 unspecified atom stereocenters. The molecular formula is C13H15F3N2O3. The van der Waals surface area contributed by atoms with Gasteiger partial charge >= 0.3 is 12.1 Å². The van der Waals surface area contributed by atoms with E-state index in [0.29, 0.717) is 0 Å². The highest BCUT2D eigenvalue weighted by molar-refractivity contribution is 6.01. The molecule has 5 nitrogen and oxygen atoms in total. The average molecular weight is 304 g/mol. The van der Waals surface area contributed by atoms with Crippen molar-refractivity contribution in [2.45, 2.75) is 13.1 Å². The van der Waals surface area contributed by atoms with Crippen molar-refractivity contribution in [3.8, 4) is 0 Å². The number of benzene rings is 1. The van der Waals surface area contributed by atoms with Crippen LogP contribution in [0.5, 0.6) is 0 Å². The van der Waals surface area contributed by atoms with E-state index >= 15 is 0 Å². The number of anilines is 1. The number of ether oxygens (including phenoxy) is 1. The number of alkyl halides is 3. The molecule has 1 rings (SSSR count). The van der Waals surface area contributed by atoms with Gasteiger partial charge in [0.15, 0.2) is 0 Å². The van der Waals surface area contributed by atoms with E-state index in [4.69, 9.17) is 4.74 Å². The first-order chi connectivity index (χ1) is 9.83. The lowest BCUT2D eigenvalue weighted by Gasteiger charge is -2.11. The first-order valence-electron chi connectivity index (χ1n) is 6.17. The maximum Gasteiger partial charge on any atom is 0.401 e. The number of esters is 1. The van der Waals surface area contributed by atoms with Crippen LogP contribution in [-0.2, 0) is 9.53 Å². The van der Waals surface area contributed by atoms with Crippen LogP contribution in [0.1, 0.15) is 17.3 Å². The molecule has 8 heteroatoms. The number of hydrogen-bond donors (Lipinski definition) is 2. The Labute approximate surface area is 119 Å². The summed E-state index contributed by atoms with van der Waals surface area (Å²) in [6.45, 7) is 0.0328. The van der Waals surface area contributed by atoms with Gasteiger partial charge in [-0.2, -0.15) is 13.2 Å². The summed E-state index contributed by atoms with van der Waals surface area (Å²) in [5.41, 5.74) is 0.332. The SMILES string of the molecule is CCOC(=O)c1ccccc1NC(=O)CNCC(F)(F)F. The predicted octanol–water partition coefficient (Wildman–Crippen LogP) is 1.95. The Hall–Kier alpha value is -2.09.